The molecule has 2 aromatic rings. The largest absolute Gasteiger partial charge is 0.492 e. The van der Waals surface area contributed by atoms with E-state index < -0.39 is 10.0 Å². The fraction of sp³-hybridized carbons (Fsp3) is 0.500. The molecule has 4 rings (SSSR count). The van der Waals surface area contributed by atoms with Gasteiger partial charge in [0.05, 0.1) is 19.0 Å². The van der Waals surface area contributed by atoms with Gasteiger partial charge in [-0.15, -0.1) is 0 Å². The Morgan fingerprint density at radius 3 is 2.40 bits per heavy atom. The number of hydrogen-bond acceptors (Lipinski definition) is 8. The van der Waals surface area contributed by atoms with Crippen LogP contribution in [0.5, 0.6) is 5.75 Å². The lowest BCUT2D eigenvalue weighted by Gasteiger charge is -2.35. The molecule has 0 spiro atoms. The Hall–Kier alpha value is -2.43. The molecule has 2 fully saturated rings. The van der Waals surface area contributed by atoms with E-state index in [4.69, 9.17) is 9.47 Å². The Labute approximate surface area is 177 Å². The third-order valence-corrected chi connectivity index (χ3v) is 7.07. The standard InChI is InChI=1S/C20H27N5O4S/c26-30(27,17-16-29-18-4-2-1-3-5-18)25-10-8-23(9-11-25)19-6-7-21-20(22-19)24-12-14-28-15-13-24/h1-7H,8-17H2. The molecule has 0 amide bonds. The lowest BCUT2D eigenvalue weighted by molar-refractivity contribution is 0.122. The molecule has 0 saturated carbocycles. The molecule has 0 bridgehead atoms. The summed E-state index contributed by atoms with van der Waals surface area (Å²) < 4.78 is 37.8. The summed E-state index contributed by atoms with van der Waals surface area (Å²) in [6, 6.07) is 11.1. The van der Waals surface area contributed by atoms with Gasteiger partial charge in [0.1, 0.15) is 18.2 Å². The third kappa shape index (κ3) is 5.18. The van der Waals surface area contributed by atoms with E-state index in [2.05, 4.69) is 19.8 Å². The van der Waals surface area contributed by atoms with E-state index in [0.717, 1.165) is 18.9 Å². The van der Waals surface area contributed by atoms with Gasteiger partial charge in [-0.1, -0.05) is 18.2 Å². The van der Waals surface area contributed by atoms with Crippen molar-refractivity contribution in [3.63, 3.8) is 0 Å². The summed E-state index contributed by atoms with van der Waals surface area (Å²) in [4.78, 5) is 13.3. The molecule has 2 aliphatic rings. The van der Waals surface area contributed by atoms with Gasteiger partial charge in [0.15, 0.2) is 0 Å². The number of para-hydroxylation sites is 1. The third-order valence-electron chi connectivity index (χ3n) is 5.23. The fourth-order valence-electron chi connectivity index (χ4n) is 3.54. The van der Waals surface area contributed by atoms with Gasteiger partial charge < -0.3 is 19.3 Å². The normalized spacial score (nSPS) is 18.4. The average molecular weight is 434 g/mol. The highest BCUT2D eigenvalue weighted by Gasteiger charge is 2.27. The quantitative estimate of drug-likeness (QED) is 0.635. The monoisotopic (exact) mass is 433 g/mol. The summed E-state index contributed by atoms with van der Waals surface area (Å²) in [6.07, 6.45) is 1.76. The van der Waals surface area contributed by atoms with Crippen molar-refractivity contribution >= 4 is 21.8 Å². The first-order valence-electron chi connectivity index (χ1n) is 10.2. The number of anilines is 2. The van der Waals surface area contributed by atoms with Crippen molar-refractivity contribution in [2.45, 2.75) is 0 Å². The van der Waals surface area contributed by atoms with Gasteiger partial charge in [-0.2, -0.15) is 9.29 Å². The van der Waals surface area contributed by atoms with E-state index in [1.54, 1.807) is 10.5 Å². The smallest absolute Gasteiger partial charge is 0.227 e. The molecule has 1 aromatic carbocycles. The summed E-state index contributed by atoms with van der Waals surface area (Å²) in [7, 11) is -3.36. The molecule has 162 valence electrons. The minimum Gasteiger partial charge on any atom is -0.492 e. The van der Waals surface area contributed by atoms with E-state index in [9.17, 15) is 8.42 Å². The Kier molecular flexibility index (Phi) is 6.66. The van der Waals surface area contributed by atoms with E-state index in [-0.39, 0.29) is 12.4 Å². The molecular formula is C20H27N5O4S. The second kappa shape index (κ2) is 9.59. The van der Waals surface area contributed by atoms with Gasteiger partial charge in [0, 0.05) is 45.5 Å². The first-order valence-corrected chi connectivity index (χ1v) is 11.8. The zero-order valence-corrected chi connectivity index (χ0v) is 17.7. The molecule has 3 heterocycles. The van der Waals surface area contributed by atoms with Crippen LogP contribution in [0.4, 0.5) is 11.8 Å². The first kappa shape index (κ1) is 20.8. The number of benzene rings is 1. The highest BCUT2D eigenvalue weighted by molar-refractivity contribution is 7.89. The maximum Gasteiger partial charge on any atom is 0.227 e. The summed E-state index contributed by atoms with van der Waals surface area (Å²) >= 11 is 0. The number of morpholine rings is 1. The van der Waals surface area contributed by atoms with Crippen molar-refractivity contribution in [3.05, 3.63) is 42.6 Å². The molecule has 0 atom stereocenters. The topological polar surface area (TPSA) is 88.1 Å². The van der Waals surface area contributed by atoms with E-state index in [1.165, 1.54) is 0 Å². The lowest BCUT2D eigenvalue weighted by atomic mass is 10.3. The lowest BCUT2D eigenvalue weighted by Crippen LogP contribution is -2.50. The molecular weight excluding hydrogens is 406 g/mol. The van der Waals surface area contributed by atoms with Crippen LogP contribution in [0.15, 0.2) is 42.6 Å². The van der Waals surface area contributed by atoms with Crippen molar-refractivity contribution in [2.24, 2.45) is 0 Å². The SMILES string of the molecule is O=S(=O)(CCOc1ccccc1)N1CCN(c2ccnc(N3CCOCC3)n2)CC1. The first-order chi connectivity index (χ1) is 14.6. The van der Waals surface area contributed by atoms with Crippen molar-refractivity contribution in [1.29, 1.82) is 0 Å². The van der Waals surface area contributed by atoms with Crippen LogP contribution in [0.1, 0.15) is 0 Å². The van der Waals surface area contributed by atoms with Crippen LogP contribution in [0.2, 0.25) is 0 Å². The number of sulfonamides is 1. The highest BCUT2D eigenvalue weighted by Crippen LogP contribution is 2.19. The summed E-state index contributed by atoms with van der Waals surface area (Å²) in [6.45, 7) is 5.12. The Balaban J connectivity index is 1.30. The fourth-order valence-corrected chi connectivity index (χ4v) is 4.81. The number of hydrogen-bond donors (Lipinski definition) is 0. The Morgan fingerprint density at radius 1 is 0.933 bits per heavy atom. The van der Waals surface area contributed by atoms with Gasteiger partial charge in [-0.25, -0.2) is 13.4 Å². The summed E-state index contributed by atoms with van der Waals surface area (Å²) in [5.41, 5.74) is 0. The van der Waals surface area contributed by atoms with Crippen LogP contribution < -0.4 is 14.5 Å². The van der Waals surface area contributed by atoms with E-state index >= 15 is 0 Å². The van der Waals surface area contributed by atoms with Gasteiger partial charge in [0.25, 0.3) is 0 Å². The molecule has 0 radical (unpaired) electrons. The van der Waals surface area contributed by atoms with Crippen molar-refractivity contribution in [1.82, 2.24) is 14.3 Å². The van der Waals surface area contributed by atoms with Crippen molar-refractivity contribution in [3.8, 4) is 5.75 Å². The molecule has 9 nitrogen and oxygen atoms in total. The molecule has 30 heavy (non-hydrogen) atoms. The van der Waals surface area contributed by atoms with Gasteiger partial charge in [0.2, 0.25) is 16.0 Å². The van der Waals surface area contributed by atoms with E-state index in [1.807, 2.05) is 36.4 Å². The molecule has 1 aromatic heterocycles. The minimum absolute atomic E-state index is 0.0312. The second-order valence-electron chi connectivity index (χ2n) is 7.18. The number of nitrogens with zero attached hydrogens (tertiary/aromatic N) is 5. The number of rotatable bonds is 7. The number of ether oxygens (including phenoxy) is 2. The molecule has 0 aliphatic carbocycles. The molecule has 0 unspecified atom stereocenters. The summed E-state index contributed by atoms with van der Waals surface area (Å²) in [5, 5.41) is 0. The van der Waals surface area contributed by atoms with Crippen LogP contribution in [0.3, 0.4) is 0 Å². The summed E-state index contributed by atoms with van der Waals surface area (Å²) in [5.74, 6) is 2.17. The predicted molar refractivity (Wildman–Crippen MR) is 115 cm³/mol. The van der Waals surface area contributed by atoms with E-state index in [0.29, 0.717) is 51.1 Å². The van der Waals surface area contributed by atoms with Crippen LogP contribution in [-0.4, -0.2) is 87.5 Å². The molecule has 0 N–H and O–H groups in total. The van der Waals surface area contributed by atoms with Crippen LogP contribution in [0, 0.1) is 0 Å². The number of aromatic nitrogens is 2. The molecule has 2 saturated heterocycles. The van der Waals surface area contributed by atoms with Gasteiger partial charge in [-0.05, 0) is 18.2 Å². The maximum absolute atomic E-state index is 12.7. The maximum atomic E-state index is 12.7. The zero-order chi connectivity index (χ0) is 20.8. The van der Waals surface area contributed by atoms with Crippen LogP contribution in [-0.2, 0) is 14.8 Å². The van der Waals surface area contributed by atoms with Crippen molar-refractivity contribution < 1.29 is 17.9 Å². The van der Waals surface area contributed by atoms with Crippen LogP contribution in [0.25, 0.3) is 0 Å². The average Bonchev–Trinajstić information content (AvgIpc) is 2.80. The number of piperazine rings is 1. The Morgan fingerprint density at radius 2 is 1.67 bits per heavy atom. The second-order valence-corrected chi connectivity index (χ2v) is 9.27. The molecule has 10 heteroatoms. The van der Waals surface area contributed by atoms with Gasteiger partial charge in [-0.3, -0.25) is 0 Å². The van der Waals surface area contributed by atoms with Crippen LogP contribution >= 0.6 is 0 Å². The Bertz CT molecular complexity index is 914. The van der Waals surface area contributed by atoms with Crippen molar-refractivity contribution in [2.75, 3.05) is 74.6 Å². The predicted octanol–water partition coefficient (Wildman–Crippen LogP) is 0.844. The molecule has 2 aliphatic heterocycles. The zero-order valence-electron chi connectivity index (χ0n) is 16.9. The van der Waals surface area contributed by atoms with Gasteiger partial charge >= 0.3 is 0 Å². The minimum atomic E-state index is -3.36. The highest BCUT2D eigenvalue weighted by atomic mass is 32.2.